The van der Waals surface area contributed by atoms with Gasteiger partial charge in [-0.05, 0) is 30.3 Å². The van der Waals surface area contributed by atoms with Crippen molar-refractivity contribution in [2.45, 2.75) is 19.6 Å². The first-order valence-corrected chi connectivity index (χ1v) is 8.35. The van der Waals surface area contributed by atoms with Gasteiger partial charge >= 0.3 is 6.18 Å². The second-order valence-electron chi connectivity index (χ2n) is 5.71. The van der Waals surface area contributed by atoms with Gasteiger partial charge in [-0.2, -0.15) is 13.2 Å². The van der Waals surface area contributed by atoms with E-state index in [4.69, 9.17) is 0 Å². The molecule has 2 aromatic carbocycles. The van der Waals surface area contributed by atoms with Gasteiger partial charge in [0.05, 0.1) is 17.7 Å². The van der Waals surface area contributed by atoms with Crippen LogP contribution in [0.5, 0.6) is 0 Å². The van der Waals surface area contributed by atoms with E-state index in [0.717, 1.165) is 24.2 Å². The summed E-state index contributed by atoms with van der Waals surface area (Å²) in [5.74, 6) is -1.49. The number of anilines is 1. The van der Waals surface area contributed by atoms with Crippen LogP contribution in [0.25, 0.3) is 0 Å². The number of nitrogens with one attached hydrogen (secondary N) is 3. The highest BCUT2D eigenvalue weighted by Gasteiger charge is 2.34. The molecule has 2 amide bonds. The van der Waals surface area contributed by atoms with Crippen molar-refractivity contribution in [1.29, 1.82) is 0 Å². The van der Waals surface area contributed by atoms with Crippen LogP contribution in [0, 0.1) is 0 Å². The highest BCUT2D eigenvalue weighted by Crippen LogP contribution is 2.31. The number of hydrogen-bond acceptors (Lipinski definition) is 3. The van der Waals surface area contributed by atoms with E-state index in [2.05, 4.69) is 16.0 Å². The number of alkyl halides is 3. The third-order valence-electron chi connectivity index (χ3n) is 3.74. The fourth-order valence-electron chi connectivity index (χ4n) is 2.43. The first-order chi connectivity index (χ1) is 12.8. The van der Waals surface area contributed by atoms with Crippen molar-refractivity contribution in [3.8, 4) is 0 Å². The maximum Gasteiger partial charge on any atom is 0.417 e. The van der Waals surface area contributed by atoms with Crippen molar-refractivity contribution in [3.05, 3.63) is 65.2 Å². The molecular formula is C19H20F3N3O2. The Bertz CT molecular complexity index is 807. The molecule has 0 fully saturated rings. The first kappa shape index (κ1) is 20.4. The molecule has 0 aliphatic carbocycles. The SMILES string of the molecule is CCNCc1ccccc1NC(=O)CNC(=O)c1ccccc1C(F)(F)F. The van der Waals surface area contributed by atoms with E-state index in [9.17, 15) is 22.8 Å². The maximum atomic E-state index is 13.0. The van der Waals surface area contributed by atoms with Crippen molar-refractivity contribution in [1.82, 2.24) is 10.6 Å². The fourth-order valence-corrected chi connectivity index (χ4v) is 2.43. The van der Waals surface area contributed by atoms with E-state index in [0.29, 0.717) is 12.2 Å². The zero-order chi connectivity index (χ0) is 19.9. The zero-order valence-electron chi connectivity index (χ0n) is 14.7. The Hall–Kier alpha value is -2.87. The molecule has 0 unspecified atom stereocenters. The lowest BCUT2D eigenvalue weighted by Gasteiger charge is -2.14. The highest BCUT2D eigenvalue weighted by atomic mass is 19.4. The summed E-state index contributed by atoms with van der Waals surface area (Å²) in [6.45, 7) is 2.82. The second kappa shape index (κ2) is 9.18. The largest absolute Gasteiger partial charge is 0.417 e. The predicted octanol–water partition coefficient (Wildman–Crippen LogP) is 3.18. The summed E-state index contributed by atoms with van der Waals surface area (Å²) in [6.07, 6.45) is -4.65. The number of rotatable bonds is 7. The van der Waals surface area contributed by atoms with Crippen molar-refractivity contribution in [3.63, 3.8) is 0 Å². The number of hydrogen-bond donors (Lipinski definition) is 3. The fraction of sp³-hybridized carbons (Fsp3) is 0.263. The summed E-state index contributed by atoms with van der Waals surface area (Å²) in [5.41, 5.74) is -0.126. The molecule has 0 spiro atoms. The molecule has 0 atom stereocenters. The highest BCUT2D eigenvalue weighted by molar-refractivity contribution is 6.00. The monoisotopic (exact) mass is 379 g/mol. The average Bonchev–Trinajstić information content (AvgIpc) is 2.64. The predicted molar refractivity (Wildman–Crippen MR) is 96.2 cm³/mol. The van der Waals surface area contributed by atoms with E-state index in [1.54, 1.807) is 12.1 Å². The molecule has 3 N–H and O–H groups in total. The zero-order valence-corrected chi connectivity index (χ0v) is 14.7. The second-order valence-corrected chi connectivity index (χ2v) is 5.71. The lowest BCUT2D eigenvalue weighted by molar-refractivity contribution is -0.137. The van der Waals surface area contributed by atoms with E-state index in [-0.39, 0.29) is 0 Å². The lowest BCUT2D eigenvalue weighted by atomic mass is 10.1. The van der Waals surface area contributed by atoms with E-state index >= 15 is 0 Å². The number of amides is 2. The molecule has 0 radical (unpaired) electrons. The van der Waals surface area contributed by atoms with Crippen molar-refractivity contribution >= 4 is 17.5 Å². The van der Waals surface area contributed by atoms with Crippen LogP contribution < -0.4 is 16.0 Å². The Morgan fingerprint density at radius 2 is 1.67 bits per heavy atom. The Kier molecular flexibility index (Phi) is 6.95. The van der Waals surface area contributed by atoms with Crippen LogP contribution in [0.4, 0.5) is 18.9 Å². The Balaban J connectivity index is 2.00. The van der Waals surface area contributed by atoms with E-state index < -0.39 is 35.7 Å². The Morgan fingerprint density at radius 1 is 1.00 bits per heavy atom. The summed E-state index contributed by atoms with van der Waals surface area (Å²) in [6, 6.07) is 11.6. The normalized spacial score (nSPS) is 11.1. The molecule has 0 saturated heterocycles. The summed E-state index contributed by atoms with van der Waals surface area (Å²) in [4.78, 5) is 24.2. The topological polar surface area (TPSA) is 70.2 Å². The molecule has 27 heavy (non-hydrogen) atoms. The summed E-state index contributed by atoms with van der Waals surface area (Å²) >= 11 is 0. The van der Waals surface area contributed by atoms with Gasteiger partial charge in [-0.3, -0.25) is 9.59 Å². The molecule has 0 bridgehead atoms. The minimum atomic E-state index is -4.65. The van der Waals surface area contributed by atoms with Crippen LogP contribution in [-0.2, 0) is 17.5 Å². The van der Waals surface area contributed by atoms with Gasteiger partial charge < -0.3 is 16.0 Å². The maximum absolute atomic E-state index is 13.0. The van der Waals surface area contributed by atoms with Crippen LogP contribution in [0.3, 0.4) is 0 Å². The van der Waals surface area contributed by atoms with Crippen LogP contribution in [-0.4, -0.2) is 24.9 Å². The number of benzene rings is 2. The van der Waals surface area contributed by atoms with Crippen LogP contribution in [0.15, 0.2) is 48.5 Å². The smallest absolute Gasteiger partial charge is 0.343 e. The van der Waals surface area contributed by atoms with Crippen molar-refractivity contribution < 1.29 is 22.8 Å². The number of carbonyl (C=O) groups is 2. The molecule has 0 aliphatic heterocycles. The summed E-state index contributed by atoms with van der Waals surface area (Å²) < 4.78 is 38.9. The van der Waals surface area contributed by atoms with Gasteiger partial charge in [-0.15, -0.1) is 0 Å². The van der Waals surface area contributed by atoms with Gasteiger partial charge in [-0.25, -0.2) is 0 Å². The minimum absolute atomic E-state index is 0.444. The van der Waals surface area contributed by atoms with Gasteiger partial charge in [0.2, 0.25) is 5.91 Å². The molecule has 144 valence electrons. The van der Waals surface area contributed by atoms with Crippen LogP contribution >= 0.6 is 0 Å². The number of halogens is 3. The van der Waals surface area contributed by atoms with E-state index in [1.807, 2.05) is 19.1 Å². The number of para-hydroxylation sites is 1. The standard InChI is InChI=1S/C19H20F3N3O2/c1-2-23-11-13-7-3-6-10-16(13)25-17(26)12-24-18(27)14-8-4-5-9-15(14)19(20,21)22/h3-10,23H,2,11-12H2,1H3,(H,24,27)(H,25,26). The van der Waals surface area contributed by atoms with Gasteiger partial charge in [-0.1, -0.05) is 37.3 Å². The molecule has 0 heterocycles. The molecule has 0 aliphatic rings. The third-order valence-corrected chi connectivity index (χ3v) is 3.74. The molecule has 0 aromatic heterocycles. The third kappa shape index (κ3) is 5.82. The van der Waals surface area contributed by atoms with Gasteiger partial charge in [0.1, 0.15) is 0 Å². The van der Waals surface area contributed by atoms with Gasteiger partial charge in [0.25, 0.3) is 5.91 Å². The Morgan fingerprint density at radius 3 is 2.37 bits per heavy atom. The van der Waals surface area contributed by atoms with Crippen molar-refractivity contribution in [2.24, 2.45) is 0 Å². The van der Waals surface area contributed by atoms with E-state index in [1.165, 1.54) is 12.1 Å². The molecular weight excluding hydrogens is 359 g/mol. The average molecular weight is 379 g/mol. The van der Waals surface area contributed by atoms with Crippen molar-refractivity contribution in [2.75, 3.05) is 18.4 Å². The van der Waals surface area contributed by atoms with Crippen LogP contribution in [0.1, 0.15) is 28.4 Å². The summed E-state index contributed by atoms with van der Waals surface area (Å²) in [7, 11) is 0. The Labute approximate surface area is 155 Å². The summed E-state index contributed by atoms with van der Waals surface area (Å²) in [5, 5.41) is 8.03. The molecule has 0 saturated carbocycles. The molecule has 2 aromatic rings. The molecule has 2 rings (SSSR count). The van der Waals surface area contributed by atoms with Gasteiger partial charge in [0, 0.05) is 12.2 Å². The minimum Gasteiger partial charge on any atom is -0.343 e. The quantitative estimate of drug-likeness (QED) is 0.692. The van der Waals surface area contributed by atoms with Gasteiger partial charge in [0.15, 0.2) is 0 Å². The molecule has 8 heteroatoms. The first-order valence-electron chi connectivity index (χ1n) is 8.35. The molecule has 5 nitrogen and oxygen atoms in total. The van der Waals surface area contributed by atoms with Crippen LogP contribution in [0.2, 0.25) is 0 Å². The number of carbonyl (C=O) groups excluding carboxylic acids is 2. The lowest BCUT2D eigenvalue weighted by Crippen LogP contribution is -2.34.